The third-order valence-electron chi connectivity index (χ3n) is 6.17. The van der Waals surface area contributed by atoms with Gasteiger partial charge in [-0.3, -0.25) is 20.0 Å². The van der Waals surface area contributed by atoms with E-state index in [4.69, 9.17) is 11.6 Å². The molecule has 1 amide bonds. The van der Waals surface area contributed by atoms with Crippen molar-refractivity contribution in [2.45, 2.75) is 6.54 Å². The lowest BCUT2D eigenvalue weighted by molar-refractivity contribution is 0.102. The lowest BCUT2D eigenvalue weighted by atomic mass is 10.1. The Morgan fingerprint density at radius 2 is 1.83 bits per heavy atom. The quantitative estimate of drug-likeness (QED) is 0.375. The molecule has 1 fully saturated rings. The molecule has 0 radical (unpaired) electrons. The summed E-state index contributed by atoms with van der Waals surface area (Å²) in [6, 6.07) is 17.6. The van der Waals surface area contributed by atoms with E-state index in [9.17, 15) is 4.79 Å². The lowest BCUT2D eigenvalue weighted by Crippen LogP contribution is -2.43. The van der Waals surface area contributed by atoms with Crippen molar-refractivity contribution in [3.05, 3.63) is 89.3 Å². The fraction of sp³-hybridized carbons (Fsp3) is 0.222. The number of amides is 1. The molecular weight excluding hydrogens is 478 g/mol. The summed E-state index contributed by atoms with van der Waals surface area (Å²) in [6.07, 6.45) is 5.30. The second-order valence-corrected chi connectivity index (χ2v) is 10.1. The topological polar surface area (TPSA) is 61.4 Å². The van der Waals surface area contributed by atoms with E-state index in [2.05, 4.69) is 32.1 Å². The molecule has 1 aliphatic heterocycles. The minimum Gasteiger partial charge on any atom is -0.304 e. The Kier molecular flexibility index (Phi) is 7.20. The average molecular weight is 504 g/mol. The van der Waals surface area contributed by atoms with Crippen LogP contribution in [0.25, 0.3) is 21.6 Å². The second kappa shape index (κ2) is 10.7. The number of anilines is 1. The molecule has 0 bridgehead atoms. The van der Waals surface area contributed by atoms with Gasteiger partial charge in [0.2, 0.25) is 0 Å². The van der Waals surface area contributed by atoms with Crippen LogP contribution in [0.15, 0.2) is 73.2 Å². The molecule has 8 heteroatoms. The molecule has 0 saturated carbocycles. The van der Waals surface area contributed by atoms with Gasteiger partial charge in [0.25, 0.3) is 5.91 Å². The SMILES string of the molecule is CN1CCN(Cc2ccc(C(=O)Nc3ncc(-c4ccc(-c5cccnc5)cc4Cl)s3)cc2)CC1. The number of pyridine rings is 1. The number of hydrogen-bond acceptors (Lipinski definition) is 6. The van der Waals surface area contributed by atoms with Gasteiger partial charge in [0.05, 0.1) is 4.88 Å². The first kappa shape index (κ1) is 23.6. The Balaban J connectivity index is 1.22. The Bertz CT molecular complexity index is 1300. The molecule has 1 N–H and O–H groups in total. The molecular formula is C27H26ClN5OS. The van der Waals surface area contributed by atoms with Crippen molar-refractivity contribution in [1.82, 2.24) is 19.8 Å². The molecule has 0 unspecified atom stereocenters. The number of carbonyl (C=O) groups is 1. The minimum atomic E-state index is -0.171. The summed E-state index contributed by atoms with van der Waals surface area (Å²) in [5.74, 6) is -0.171. The highest BCUT2D eigenvalue weighted by atomic mass is 35.5. The van der Waals surface area contributed by atoms with Crippen LogP contribution in [0.4, 0.5) is 5.13 Å². The van der Waals surface area contributed by atoms with Crippen molar-refractivity contribution in [2.75, 3.05) is 38.5 Å². The number of carbonyl (C=O) groups excluding carboxylic acids is 1. The smallest absolute Gasteiger partial charge is 0.257 e. The monoisotopic (exact) mass is 503 g/mol. The zero-order chi connectivity index (χ0) is 24.2. The zero-order valence-corrected chi connectivity index (χ0v) is 21.0. The van der Waals surface area contributed by atoms with Gasteiger partial charge in [0, 0.05) is 73.0 Å². The van der Waals surface area contributed by atoms with Gasteiger partial charge < -0.3 is 4.90 Å². The largest absolute Gasteiger partial charge is 0.304 e. The minimum absolute atomic E-state index is 0.171. The number of thiazole rings is 1. The Labute approximate surface area is 214 Å². The molecule has 35 heavy (non-hydrogen) atoms. The van der Waals surface area contributed by atoms with Crippen LogP contribution in [-0.4, -0.2) is 58.9 Å². The van der Waals surface area contributed by atoms with Crippen molar-refractivity contribution in [2.24, 2.45) is 0 Å². The molecule has 0 aliphatic carbocycles. The molecule has 2 aromatic heterocycles. The van der Waals surface area contributed by atoms with Crippen molar-refractivity contribution in [1.29, 1.82) is 0 Å². The second-order valence-electron chi connectivity index (χ2n) is 8.70. The number of nitrogens with one attached hydrogen (secondary N) is 1. The van der Waals surface area contributed by atoms with Crippen molar-refractivity contribution >= 4 is 34.0 Å². The molecule has 6 nitrogen and oxygen atoms in total. The number of piperazine rings is 1. The Hall–Kier alpha value is -3.10. The molecule has 0 atom stereocenters. The first-order valence-corrected chi connectivity index (χ1v) is 12.7. The number of hydrogen-bond donors (Lipinski definition) is 1. The molecule has 3 heterocycles. The highest BCUT2D eigenvalue weighted by molar-refractivity contribution is 7.19. The van der Waals surface area contributed by atoms with E-state index in [-0.39, 0.29) is 5.91 Å². The van der Waals surface area contributed by atoms with Crippen LogP contribution in [0, 0.1) is 0 Å². The number of likely N-dealkylation sites (N-methyl/N-ethyl adjacent to an activating group) is 1. The van der Waals surface area contributed by atoms with Gasteiger partial charge in [0.1, 0.15) is 0 Å². The number of aromatic nitrogens is 2. The van der Waals surface area contributed by atoms with Gasteiger partial charge in [-0.05, 0) is 42.4 Å². The molecule has 1 saturated heterocycles. The molecule has 1 aliphatic rings. The standard InChI is InChI=1S/C27H26ClN5OS/c1-32-11-13-33(14-12-32)18-19-4-6-20(7-5-19)26(34)31-27-30-17-25(35-27)23-9-8-21(15-24(23)28)22-3-2-10-29-16-22/h2-10,15-17H,11-14,18H2,1H3,(H,30,31,34). The summed E-state index contributed by atoms with van der Waals surface area (Å²) in [4.78, 5) is 27.0. The maximum absolute atomic E-state index is 12.8. The van der Waals surface area contributed by atoms with Gasteiger partial charge in [-0.1, -0.05) is 53.3 Å². The van der Waals surface area contributed by atoms with Crippen LogP contribution in [0.5, 0.6) is 0 Å². The van der Waals surface area contributed by atoms with Gasteiger partial charge in [-0.15, -0.1) is 0 Å². The van der Waals surface area contributed by atoms with E-state index in [0.29, 0.717) is 15.7 Å². The van der Waals surface area contributed by atoms with E-state index >= 15 is 0 Å². The van der Waals surface area contributed by atoms with Crippen molar-refractivity contribution in [3.8, 4) is 21.6 Å². The van der Waals surface area contributed by atoms with Gasteiger partial charge in [-0.25, -0.2) is 4.98 Å². The summed E-state index contributed by atoms with van der Waals surface area (Å²) >= 11 is 7.98. The average Bonchev–Trinajstić information content (AvgIpc) is 3.34. The molecule has 0 spiro atoms. The summed E-state index contributed by atoms with van der Waals surface area (Å²) in [7, 11) is 2.16. The number of halogens is 1. The summed E-state index contributed by atoms with van der Waals surface area (Å²) in [5.41, 5.74) is 4.72. The Morgan fingerprint density at radius 3 is 2.54 bits per heavy atom. The zero-order valence-electron chi connectivity index (χ0n) is 19.4. The summed E-state index contributed by atoms with van der Waals surface area (Å²) in [5, 5.41) is 4.08. The van der Waals surface area contributed by atoms with Crippen LogP contribution in [0.3, 0.4) is 0 Å². The number of benzene rings is 2. The van der Waals surface area contributed by atoms with Crippen LogP contribution in [-0.2, 0) is 6.54 Å². The predicted molar refractivity (Wildman–Crippen MR) is 143 cm³/mol. The first-order chi connectivity index (χ1) is 17.0. The highest BCUT2D eigenvalue weighted by Gasteiger charge is 2.15. The third-order valence-corrected chi connectivity index (χ3v) is 7.43. The maximum atomic E-state index is 12.8. The highest BCUT2D eigenvalue weighted by Crippen LogP contribution is 2.36. The molecule has 5 rings (SSSR count). The summed E-state index contributed by atoms with van der Waals surface area (Å²) in [6.45, 7) is 5.24. The van der Waals surface area contributed by atoms with Gasteiger partial charge in [-0.2, -0.15) is 0 Å². The summed E-state index contributed by atoms with van der Waals surface area (Å²) < 4.78 is 0. The van der Waals surface area contributed by atoms with Gasteiger partial charge >= 0.3 is 0 Å². The van der Waals surface area contributed by atoms with Gasteiger partial charge in [0.15, 0.2) is 5.13 Å². The van der Waals surface area contributed by atoms with E-state index in [1.807, 2.05) is 60.8 Å². The maximum Gasteiger partial charge on any atom is 0.257 e. The number of rotatable bonds is 6. The fourth-order valence-electron chi connectivity index (χ4n) is 4.08. The van der Waals surface area contributed by atoms with Crippen LogP contribution in [0.1, 0.15) is 15.9 Å². The number of nitrogens with zero attached hydrogens (tertiary/aromatic N) is 4. The fourth-order valence-corrected chi connectivity index (χ4v) is 5.27. The van der Waals surface area contributed by atoms with Crippen LogP contribution >= 0.6 is 22.9 Å². The van der Waals surface area contributed by atoms with E-state index in [1.165, 1.54) is 16.9 Å². The van der Waals surface area contributed by atoms with E-state index in [1.54, 1.807) is 12.4 Å². The predicted octanol–water partition coefficient (Wildman–Crippen LogP) is 5.53. The normalized spacial score (nSPS) is 14.7. The third kappa shape index (κ3) is 5.77. The van der Waals surface area contributed by atoms with Crippen molar-refractivity contribution in [3.63, 3.8) is 0 Å². The van der Waals surface area contributed by atoms with E-state index in [0.717, 1.165) is 54.3 Å². The Morgan fingerprint density at radius 1 is 1.03 bits per heavy atom. The lowest BCUT2D eigenvalue weighted by Gasteiger charge is -2.32. The molecule has 2 aromatic carbocycles. The van der Waals surface area contributed by atoms with E-state index < -0.39 is 0 Å². The first-order valence-electron chi connectivity index (χ1n) is 11.5. The van der Waals surface area contributed by atoms with Crippen LogP contribution < -0.4 is 5.32 Å². The van der Waals surface area contributed by atoms with Crippen molar-refractivity contribution < 1.29 is 4.79 Å². The molecule has 4 aromatic rings. The molecule has 178 valence electrons. The van der Waals surface area contributed by atoms with Crippen LogP contribution in [0.2, 0.25) is 5.02 Å².